The first kappa shape index (κ1) is 14.2. The molecule has 0 aromatic heterocycles. The molecular weight excluding hydrogens is 254 g/mol. The Kier molecular flexibility index (Phi) is 5.31. The minimum atomic E-state index is -0.807. The Morgan fingerprint density at radius 3 is 2.56 bits per heavy atom. The zero-order chi connectivity index (χ0) is 13.5. The number of amidine groups is 1. The molecule has 0 heterocycles. The summed E-state index contributed by atoms with van der Waals surface area (Å²) in [6, 6.07) is 9.19. The highest BCUT2D eigenvalue weighted by Crippen LogP contribution is 2.07. The standard InChI is InChI=1S/C11H13N3O3S/c1-13(11(18-2)12-14(16)17)10(15)8-9-6-4-3-5-7-9/h3-7H,8H2,1-2H3. The minimum Gasteiger partial charge on any atom is -0.289 e. The summed E-state index contributed by atoms with van der Waals surface area (Å²) in [6.07, 6.45) is 1.82. The van der Waals surface area contributed by atoms with E-state index in [-0.39, 0.29) is 17.5 Å². The van der Waals surface area contributed by atoms with E-state index >= 15 is 0 Å². The summed E-state index contributed by atoms with van der Waals surface area (Å²) in [5.41, 5.74) is 0.857. The summed E-state index contributed by atoms with van der Waals surface area (Å²) >= 11 is 1.06. The minimum absolute atomic E-state index is 0.0703. The van der Waals surface area contributed by atoms with Crippen LogP contribution in [0.1, 0.15) is 5.56 Å². The van der Waals surface area contributed by atoms with Crippen LogP contribution in [0.3, 0.4) is 0 Å². The molecular formula is C11H13N3O3S. The topological polar surface area (TPSA) is 75.8 Å². The molecule has 0 fully saturated rings. The second kappa shape index (κ2) is 6.75. The largest absolute Gasteiger partial charge is 0.289 e. The zero-order valence-electron chi connectivity index (χ0n) is 10.1. The number of nitrogens with zero attached hydrogens (tertiary/aromatic N) is 3. The summed E-state index contributed by atoms with van der Waals surface area (Å²) in [6.45, 7) is 0. The molecule has 18 heavy (non-hydrogen) atoms. The highest BCUT2D eigenvalue weighted by molar-refractivity contribution is 8.13. The van der Waals surface area contributed by atoms with Crippen LogP contribution in [0.4, 0.5) is 0 Å². The van der Waals surface area contributed by atoms with Gasteiger partial charge < -0.3 is 0 Å². The van der Waals surface area contributed by atoms with Crippen molar-refractivity contribution in [2.75, 3.05) is 13.3 Å². The van der Waals surface area contributed by atoms with Gasteiger partial charge in [-0.1, -0.05) is 42.1 Å². The number of rotatable bonds is 3. The summed E-state index contributed by atoms with van der Waals surface area (Å²) in [5, 5.41) is 12.7. The number of hydrogen-bond donors (Lipinski definition) is 0. The Morgan fingerprint density at radius 1 is 1.44 bits per heavy atom. The van der Waals surface area contributed by atoms with Crippen molar-refractivity contribution in [2.24, 2.45) is 5.10 Å². The van der Waals surface area contributed by atoms with Gasteiger partial charge in [-0.25, -0.2) is 10.1 Å². The van der Waals surface area contributed by atoms with E-state index in [1.165, 1.54) is 11.9 Å². The molecule has 0 aliphatic rings. The predicted molar refractivity (Wildman–Crippen MR) is 70.9 cm³/mol. The molecule has 0 saturated heterocycles. The maximum atomic E-state index is 11.9. The van der Waals surface area contributed by atoms with E-state index in [2.05, 4.69) is 5.10 Å². The van der Waals surface area contributed by atoms with Crippen LogP contribution < -0.4 is 0 Å². The van der Waals surface area contributed by atoms with Crippen LogP contribution in [0.25, 0.3) is 0 Å². The second-order valence-electron chi connectivity index (χ2n) is 3.44. The van der Waals surface area contributed by atoms with Crippen molar-refractivity contribution < 1.29 is 9.83 Å². The van der Waals surface area contributed by atoms with Crippen molar-refractivity contribution in [3.8, 4) is 0 Å². The smallest absolute Gasteiger partial charge is 0.243 e. The normalized spacial score (nSPS) is 11.1. The number of likely N-dealkylation sites (N-methyl/N-ethyl adjacent to an activating group) is 1. The van der Waals surface area contributed by atoms with Gasteiger partial charge in [0.25, 0.3) is 0 Å². The Labute approximate surface area is 109 Å². The Balaban J connectivity index is 2.75. The van der Waals surface area contributed by atoms with E-state index in [1.54, 1.807) is 6.26 Å². The highest BCUT2D eigenvalue weighted by Gasteiger charge is 2.17. The van der Waals surface area contributed by atoms with Gasteiger partial charge >= 0.3 is 0 Å². The summed E-state index contributed by atoms with van der Waals surface area (Å²) in [5.74, 6) is -0.240. The van der Waals surface area contributed by atoms with Crippen LogP contribution >= 0.6 is 11.8 Å². The van der Waals surface area contributed by atoms with Crippen molar-refractivity contribution in [1.29, 1.82) is 0 Å². The maximum Gasteiger partial charge on any atom is 0.243 e. The van der Waals surface area contributed by atoms with Gasteiger partial charge in [-0.2, -0.15) is 0 Å². The van der Waals surface area contributed by atoms with E-state index in [0.29, 0.717) is 0 Å². The van der Waals surface area contributed by atoms with Gasteiger partial charge in [0.05, 0.1) is 11.5 Å². The number of benzene rings is 1. The van der Waals surface area contributed by atoms with Gasteiger partial charge in [0.2, 0.25) is 11.1 Å². The van der Waals surface area contributed by atoms with Crippen molar-refractivity contribution >= 4 is 22.8 Å². The van der Waals surface area contributed by atoms with Crippen LogP contribution in [-0.2, 0) is 11.2 Å². The van der Waals surface area contributed by atoms with E-state index in [1.807, 2.05) is 30.3 Å². The second-order valence-corrected chi connectivity index (χ2v) is 4.21. The number of thioether (sulfide) groups is 1. The lowest BCUT2D eigenvalue weighted by molar-refractivity contribution is -0.485. The third kappa shape index (κ3) is 4.17. The molecule has 96 valence electrons. The molecule has 6 nitrogen and oxygen atoms in total. The summed E-state index contributed by atoms with van der Waals surface area (Å²) in [4.78, 5) is 23.4. The van der Waals surface area contributed by atoms with E-state index < -0.39 is 5.03 Å². The maximum absolute atomic E-state index is 11.9. The van der Waals surface area contributed by atoms with Crippen LogP contribution in [0.15, 0.2) is 35.4 Å². The first-order valence-electron chi connectivity index (χ1n) is 5.12. The average Bonchev–Trinajstić information content (AvgIpc) is 2.36. The lowest BCUT2D eigenvalue weighted by Gasteiger charge is -2.15. The summed E-state index contributed by atoms with van der Waals surface area (Å²) < 4.78 is 0. The number of amides is 1. The quantitative estimate of drug-likeness (QED) is 0.361. The molecule has 1 aromatic carbocycles. The molecule has 0 N–H and O–H groups in total. The van der Waals surface area contributed by atoms with E-state index in [9.17, 15) is 14.9 Å². The third-order valence-electron chi connectivity index (χ3n) is 2.21. The molecule has 1 amide bonds. The predicted octanol–water partition coefficient (Wildman–Crippen LogP) is 1.60. The first-order valence-corrected chi connectivity index (χ1v) is 6.34. The fourth-order valence-electron chi connectivity index (χ4n) is 1.31. The van der Waals surface area contributed by atoms with Crippen LogP contribution in [0, 0.1) is 10.1 Å². The fraction of sp³-hybridized carbons (Fsp3) is 0.273. The lowest BCUT2D eigenvalue weighted by Crippen LogP contribution is -2.33. The third-order valence-corrected chi connectivity index (χ3v) is 2.93. The van der Waals surface area contributed by atoms with E-state index in [0.717, 1.165) is 17.3 Å². The Morgan fingerprint density at radius 2 is 2.06 bits per heavy atom. The van der Waals surface area contributed by atoms with Crippen LogP contribution in [0.2, 0.25) is 0 Å². The van der Waals surface area contributed by atoms with Crippen molar-refractivity contribution in [2.45, 2.75) is 6.42 Å². The SMILES string of the molecule is CSC(=N[N+](=O)[O-])N(C)C(=O)Cc1ccccc1. The average molecular weight is 267 g/mol. The molecule has 0 unspecified atom stereocenters. The number of hydrogen-bond acceptors (Lipinski definition) is 4. The molecule has 1 aromatic rings. The van der Waals surface area contributed by atoms with E-state index in [4.69, 9.17) is 0 Å². The number of hydrazone groups is 1. The molecule has 0 radical (unpaired) electrons. The monoisotopic (exact) mass is 267 g/mol. The zero-order valence-corrected chi connectivity index (χ0v) is 10.9. The van der Waals surface area contributed by atoms with Gasteiger partial charge in [-0.3, -0.25) is 9.69 Å². The van der Waals surface area contributed by atoms with Gasteiger partial charge in [0.1, 0.15) is 0 Å². The molecule has 0 atom stereocenters. The fourth-order valence-corrected chi connectivity index (χ4v) is 1.83. The number of carbonyl (C=O) groups excluding carboxylic acids is 1. The van der Waals surface area contributed by atoms with Gasteiger partial charge in [0.15, 0.2) is 5.03 Å². The van der Waals surface area contributed by atoms with Gasteiger partial charge in [-0.05, 0) is 11.8 Å². The van der Waals surface area contributed by atoms with Crippen molar-refractivity contribution in [1.82, 2.24) is 4.90 Å². The van der Waals surface area contributed by atoms with Crippen LogP contribution in [0.5, 0.6) is 0 Å². The first-order chi connectivity index (χ1) is 8.54. The Bertz CT molecular complexity index is 462. The molecule has 0 aliphatic carbocycles. The van der Waals surface area contributed by atoms with Gasteiger partial charge in [0, 0.05) is 7.05 Å². The number of carbonyl (C=O) groups is 1. The molecule has 7 heteroatoms. The molecule has 0 saturated carbocycles. The lowest BCUT2D eigenvalue weighted by atomic mass is 10.1. The van der Waals surface area contributed by atoms with Crippen molar-refractivity contribution in [3.63, 3.8) is 0 Å². The molecule has 1 rings (SSSR count). The van der Waals surface area contributed by atoms with Crippen molar-refractivity contribution in [3.05, 3.63) is 46.0 Å². The number of nitro groups is 1. The Hall–Kier alpha value is -1.89. The molecule has 0 aliphatic heterocycles. The molecule has 0 spiro atoms. The molecule has 0 bridgehead atoms. The highest BCUT2D eigenvalue weighted by atomic mass is 32.2. The van der Waals surface area contributed by atoms with Gasteiger partial charge in [-0.15, -0.1) is 0 Å². The van der Waals surface area contributed by atoms with Crippen LogP contribution in [-0.4, -0.2) is 34.3 Å². The summed E-state index contributed by atoms with van der Waals surface area (Å²) in [7, 11) is 1.48.